The van der Waals surface area contributed by atoms with Crippen molar-refractivity contribution >= 4 is 0 Å². The van der Waals surface area contributed by atoms with Gasteiger partial charge in [-0.2, -0.15) is 0 Å². The lowest BCUT2D eigenvalue weighted by Gasteiger charge is -2.51. The fourth-order valence-corrected chi connectivity index (χ4v) is 7.00. The fraction of sp³-hybridized carbons (Fsp3) is 0.739. The topological polar surface area (TPSA) is 29.5 Å². The van der Waals surface area contributed by atoms with Gasteiger partial charge in [0.15, 0.2) is 0 Å². The van der Waals surface area contributed by atoms with E-state index in [1.807, 2.05) is 12.1 Å². The van der Waals surface area contributed by atoms with Crippen LogP contribution in [0.15, 0.2) is 18.2 Å². The van der Waals surface area contributed by atoms with Gasteiger partial charge in [-0.15, -0.1) is 0 Å². The molecule has 2 heteroatoms. The Labute approximate surface area is 152 Å². The normalized spacial score (nSPS) is 40.5. The number of fused-ring (bicyclic) bond motifs is 5. The molecule has 5 rings (SSSR count). The molecular formula is C23H32O2. The molecule has 0 heterocycles. The number of hydrogen-bond acceptors (Lipinski definition) is 2. The molecule has 5 atom stereocenters. The zero-order valence-corrected chi connectivity index (χ0v) is 15.5. The van der Waals surface area contributed by atoms with Crippen LogP contribution in [0, 0.1) is 17.3 Å². The van der Waals surface area contributed by atoms with E-state index >= 15 is 0 Å². The SMILES string of the molecule is C[C@]12CC[C@@H]3c4ccc(O)cc4CC[C@H]3[C@@H]1CC[C@@H]2OC1CCCC1. The monoisotopic (exact) mass is 340 g/mol. The van der Waals surface area contributed by atoms with Crippen molar-refractivity contribution in [2.75, 3.05) is 0 Å². The summed E-state index contributed by atoms with van der Waals surface area (Å²) in [6.45, 7) is 2.55. The Morgan fingerprint density at radius 2 is 1.88 bits per heavy atom. The molecule has 3 saturated carbocycles. The van der Waals surface area contributed by atoms with Crippen LogP contribution < -0.4 is 0 Å². The van der Waals surface area contributed by atoms with E-state index in [1.165, 1.54) is 68.9 Å². The van der Waals surface area contributed by atoms with E-state index in [1.54, 1.807) is 0 Å². The Balaban J connectivity index is 1.38. The van der Waals surface area contributed by atoms with E-state index in [4.69, 9.17) is 4.74 Å². The van der Waals surface area contributed by atoms with Crippen LogP contribution in [0.4, 0.5) is 0 Å². The third kappa shape index (κ3) is 2.55. The summed E-state index contributed by atoms with van der Waals surface area (Å²) in [4.78, 5) is 0. The average Bonchev–Trinajstić information content (AvgIpc) is 3.23. The number of rotatable bonds is 2. The summed E-state index contributed by atoms with van der Waals surface area (Å²) in [5.41, 5.74) is 3.34. The van der Waals surface area contributed by atoms with Gasteiger partial charge < -0.3 is 9.84 Å². The summed E-state index contributed by atoms with van der Waals surface area (Å²) in [7, 11) is 0. The molecule has 3 fully saturated rings. The highest BCUT2D eigenvalue weighted by molar-refractivity contribution is 5.40. The molecule has 25 heavy (non-hydrogen) atoms. The second-order valence-corrected chi connectivity index (χ2v) is 9.45. The Morgan fingerprint density at radius 3 is 2.72 bits per heavy atom. The molecular weight excluding hydrogens is 308 g/mol. The second kappa shape index (κ2) is 6.01. The average molecular weight is 341 g/mol. The van der Waals surface area contributed by atoms with Crippen molar-refractivity contribution in [3.8, 4) is 5.75 Å². The first-order chi connectivity index (χ1) is 12.1. The van der Waals surface area contributed by atoms with Crippen molar-refractivity contribution in [2.24, 2.45) is 17.3 Å². The van der Waals surface area contributed by atoms with E-state index in [2.05, 4.69) is 13.0 Å². The van der Waals surface area contributed by atoms with Gasteiger partial charge >= 0.3 is 0 Å². The number of aromatic hydroxyl groups is 1. The first-order valence-corrected chi connectivity index (χ1v) is 10.6. The van der Waals surface area contributed by atoms with Gasteiger partial charge in [-0.25, -0.2) is 0 Å². The molecule has 1 N–H and O–H groups in total. The van der Waals surface area contributed by atoms with Crippen molar-refractivity contribution in [3.05, 3.63) is 29.3 Å². The quantitative estimate of drug-likeness (QED) is 0.762. The number of benzene rings is 1. The van der Waals surface area contributed by atoms with Crippen molar-refractivity contribution in [3.63, 3.8) is 0 Å². The minimum atomic E-state index is 0.401. The maximum Gasteiger partial charge on any atom is 0.115 e. The molecule has 1 aromatic carbocycles. The minimum Gasteiger partial charge on any atom is -0.508 e. The van der Waals surface area contributed by atoms with Crippen molar-refractivity contribution in [2.45, 2.75) is 89.3 Å². The minimum absolute atomic E-state index is 0.401. The van der Waals surface area contributed by atoms with E-state index in [0.717, 1.165) is 18.3 Å². The van der Waals surface area contributed by atoms with Crippen molar-refractivity contribution < 1.29 is 9.84 Å². The number of ether oxygens (including phenoxy) is 1. The predicted octanol–water partition coefficient (Wildman–Crippen LogP) is 5.58. The lowest BCUT2D eigenvalue weighted by molar-refractivity contribution is -0.0939. The van der Waals surface area contributed by atoms with Crippen molar-refractivity contribution in [1.29, 1.82) is 0 Å². The standard InChI is InChI=1S/C23H32O2/c1-23-13-12-19-18-9-7-16(24)14-15(18)6-8-20(19)21(23)10-11-22(23)25-17-4-2-3-5-17/h7,9,14,17,19-22,24H,2-6,8,10-13H2,1H3/t19-,20-,21+,22+,23+/m1/s1. The van der Waals surface area contributed by atoms with Crippen LogP contribution in [-0.4, -0.2) is 17.3 Å². The van der Waals surface area contributed by atoms with Crippen LogP contribution in [0.5, 0.6) is 5.75 Å². The molecule has 0 bridgehead atoms. The van der Waals surface area contributed by atoms with Gasteiger partial charge in [-0.05, 0) is 97.8 Å². The Morgan fingerprint density at radius 1 is 1.04 bits per heavy atom. The lowest BCUT2D eigenvalue weighted by atomic mass is 9.55. The Kier molecular flexibility index (Phi) is 3.89. The van der Waals surface area contributed by atoms with Gasteiger partial charge in [-0.1, -0.05) is 25.8 Å². The van der Waals surface area contributed by atoms with Crippen LogP contribution in [-0.2, 0) is 11.2 Å². The van der Waals surface area contributed by atoms with E-state index in [0.29, 0.717) is 29.3 Å². The highest BCUT2D eigenvalue weighted by Gasteiger charge is 2.55. The predicted molar refractivity (Wildman–Crippen MR) is 99.9 cm³/mol. The Bertz CT molecular complexity index is 647. The lowest BCUT2D eigenvalue weighted by Crippen LogP contribution is -2.45. The van der Waals surface area contributed by atoms with E-state index in [9.17, 15) is 5.11 Å². The van der Waals surface area contributed by atoms with Gasteiger partial charge in [0.05, 0.1) is 12.2 Å². The summed E-state index contributed by atoms with van der Waals surface area (Å²) in [6, 6.07) is 6.13. The molecule has 0 saturated heterocycles. The molecule has 0 radical (unpaired) electrons. The number of aryl methyl sites for hydroxylation is 1. The maximum atomic E-state index is 9.83. The summed E-state index contributed by atoms with van der Waals surface area (Å²) < 4.78 is 6.68. The highest BCUT2D eigenvalue weighted by Crippen LogP contribution is 2.61. The second-order valence-electron chi connectivity index (χ2n) is 9.45. The van der Waals surface area contributed by atoms with Gasteiger partial charge in [0, 0.05) is 0 Å². The van der Waals surface area contributed by atoms with Crippen LogP contribution in [0.25, 0.3) is 0 Å². The summed E-state index contributed by atoms with van der Waals surface area (Å²) >= 11 is 0. The maximum absolute atomic E-state index is 9.83. The molecule has 4 aliphatic rings. The van der Waals surface area contributed by atoms with Gasteiger partial charge in [0.25, 0.3) is 0 Å². The van der Waals surface area contributed by atoms with Gasteiger partial charge in [-0.3, -0.25) is 0 Å². The van der Waals surface area contributed by atoms with Crippen LogP contribution in [0.2, 0.25) is 0 Å². The fourth-order valence-electron chi connectivity index (χ4n) is 7.00. The van der Waals surface area contributed by atoms with Crippen LogP contribution in [0.1, 0.15) is 81.8 Å². The first kappa shape index (κ1) is 16.2. The third-order valence-electron chi connectivity index (χ3n) is 8.28. The number of hydrogen-bond donors (Lipinski definition) is 1. The number of phenols is 1. The molecule has 1 aromatic rings. The zero-order valence-electron chi connectivity index (χ0n) is 15.5. The van der Waals surface area contributed by atoms with Crippen LogP contribution in [0.3, 0.4) is 0 Å². The molecule has 0 unspecified atom stereocenters. The first-order valence-electron chi connectivity index (χ1n) is 10.6. The van der Waals surface area contributed by atoms with Crippen molar-refractivity contribution in [1.82, 2.24) is 0 Å². The highest BCUT2D eigenvalue weighted by atomic mass is 16.5. The largest absolute Gasteiger partial charge is 0.508 e. The molecule has 2 nitrogen and oxygen atoms in total. The van der Waals surface area contributed by atoms with Crippen LogP contribution >= 0.6 is 0 Å². The molecule has 0 spiro atoms. The number of phenolic OH excluding ortho intramolecular Hbond substituents is 1. The van der Waals surface area contributed by atoms with E-state index < -0.39 is 0 Å². The summed E-state index contributed by atoms with van der Waals surface area (Å²) in [6.07, 6.45) is 14.1. The van der Waals surface area contributed by atoms with Gasteiger partial charge in [0.1, 0.15) is 5.75 Å². The molecule has 0 aliphatic heterocycles. The molecule has 136 valence electrons. The van der Waals surface area contributed by atoms with Gasteiger partial charge in [0.2, 0.25) is 0 Å². The molecule has 4 aliphatic carbocycles. The molecule has 0 amide bonds. The Hall–Kier alpha value is -1.02. The molecule has 0 aromatic heterocycles. The van der Waals surface area contributed by atoms with E-state index in [-0.39, 0.29) is 0 Å². The smallest absolute Gasteiger partial charge is 0.115 e. The third-order valence-corrected chi connectivity index (χ3v) is 8.28. The zero-order chi connectivity index (χ0) is 17.0. The summed E-state index contributed by atoms with van der Waals surface area (Å²) in [5.74, 6) is 2.81. The summed E-state index contributed by atoms with van der Waals surface area (Å²) in [5, 5.41) is 9.83.